The monoisotopic (exact) mass is 298 g/mol. The molecule has 0 radical (unpaired) electrons. The number of hydrogen-bond acceptors (Lipinski definition) is 4. The number of benzene rings is 1. The average molecular weight is 298 g/mol. The lowest BCUT2D eigenvalue weighted by Gasteiger charge is -2.20. The molecule has 2 unspecified atom stereocenters. The maximum atomic E-state index is 12.0. The van der Waals surface area contributed by atoms with E-state index in [0.717, 1.165) is 25.2 Å². The van der Waals surface area contributed by atoms with Gasteiger partial charge in [-0.2, -0.15) is 0 Å². The third-order valence-corrected chi connectivity index (χ3v) is 5.72. The van der Waals surface area contributed by atoms with E-state index in [2.05, 4.69) is 4.90 Å². The molecule has 20 heavy (non-hydrogen) atoms. The van der Waals surface area contributed by atoms with Crippen molar-refractivity contribution in [1.82, 2.24) is 4.31 Å². The summed E-state index contributed by atoms with van der Waals surface area (Å²) in [5.74, 6) is 0.292. The molecule has 1 aliphatic heterocycles. The minimum Gasteiger partial charge on any atom is -0.393 e. The van der Waals surface area contributed by atoms with Crippen LogP contribution in [0.25, 0.3) is 0 Å². The van der Waals surface area contributed by atoms with Crippen molar-refractivity contribution in [3.63, 3.8) is 0 Å². The standard InChI is InChI=1S/C14H22N2O3S/c1-11(17)12-8-9-16(10-12)13-4-6-14(7-5-13)20(18,19)15(2)3/h4-7,11-12,17H,8-10H2,1-3H3. The normalized spacial score (nSPS) is 21.4. The Labute approximate surface area is 120 Å². The van der Waals surface area contributed by atoms with E-state index in [9.17, 15) is 13.5 Å². The van der Waals surface area contributed by atoms with Crippen molar-refractivity contribution in [2.24, 2.45) is 5.92 Å². The second-order valence-corrected chi connectivity index (χ2v) is 7.67. The maximum absolute atomic E-state index is 12.0. The molecule has 112 valence electrons. The molecule has 0 spiro atoms. The van der Waals surface area contributed by atoms with E-state index in [1.54, 1.807) is 12.1 Å². The summed E-state index contributed by atoms with van der Waals surface area (Å²) in [7, 11) is -0.317. The van der Waals surface area contributed by atoms with Gasteiger partial charge in [0.25, 0.3) is 0 Å². The number of rotatable bonds is 4. The first-order chi connectivity index (χ1) is 9.32. The van der Waals surface area contributed by atoms with Crippen LogP contribution in [0.15, 0.2) is 29.2 Å². The first-order valence-electron chi connectivity index (χ1n) is 6.78. The Hall–Kier alpha value is -1.11. The van der Waals surface area contributed by atoms with Crippen LogP contribution >= 0.6 is 0 Å². The lowest BCUT2D eigenvalue weighted by molar-refractivity contribution is 0.136. The molecule has 1 aromatic carbocycles. The van der Waals surface area contributed by atoms with Gasteiger partial charge in [0.2, 0.25) is 10.0 Å². The van der Waals surface area contributed by atoms with Crippen molar-refractivity contribution in [3.05, 3.63) is 24.3 Å². The molecule has 0 amide bonds. The van der Waals surface area contributed by atoms with Gasteiger partial charge in [-0.05, 0) is 37.6 Å². The van der Waals surface area contributed by atoms with Crippen LogP contribution < -0.4 is 4.90 Å². The third-order valence-electron chi connectivity index (χ3n) is 3.89. The molecule has 6 heteroatoms. The smallest absolute Gasteiger partial charge is 0.242 e. The lowest BCUT2D eigenvalue weighted by Crippen LogP contribution is -2.24. The zero-order chi connectivity index (χ0) is 14.9. The van der Waals surface area contributed by atoms with Crippen LogP contribution in [-0.2, 0) is 10.0 Å². The van der Waals surface area contributed by atoms with E-state index in [-0.39, 0.29) is 6.10 Å². The molecule has 1 heterocycles. The van der Waals surface area contributed by atoms with Crippen molar-refractivity contribution in [2.45, 2.75) is 24.3 Å². The van der Waals surface area contributed by atoms with E-state index < -0.39 is 10.0 Å². The molecule has 0 aliphatic carbocycles. The van der Waals surface area contributed by atoms with Gasteiger partial charge in [-0.25, -0.2) is 12.7 Å². The number of aliphatic hydroxyl groups excluding tert-OH is 1. The quantitative estimate of drug-likeness (QED) is 0.905. The second kappa shape index (κ2) is 5.71. The summed E-state index contributed by atoms with van der Waals surface area (Å²) in [6.45, 7) is 3.54. The predicted octanol–water partition coefficient (Wildman–Crippen LogP) is 1.14. The lowest BCUT2D eigenvalue weighted by atomic mass is 10.0. The third kappa shape index (κ3) is 2.97. The van der Waals surface area contributed by atoms with Gasteiger partial charge >= 0.3 is 0 Å². The second-order valence-electron chi connectivity index (χ2n) is 5.52. The Morgan fingerprint density at radius 1 is 1.30 bits per heavy atom. The Kier molecular flexibility index (Phi) is 4.36. The zero-order valence-corrected chi connectivity index (χ0v) is 13.0. The van der Waals surface area contributed by atoms with E-state index in [1.165, 1.54) is 18.4 Å². The van der Waals surface area contributed by atoms with Crippen molar-refractivity contribution in [1.29, 1.82) is 0 Å². The van der Waals surface area contributed by atoms with Gasteiger partial charge in [0.05, 0.1) is 11.0 Å². The summed E-state index contributed by atoms with van der Waals surface area (Å²) in [4.78, 5) is 2.49. The first kappa shape index (κ1) is 15.3. The first-order valence-corrected chi connectivity index (χ1v) is 8.22. The van der Waals surface area contributed by atoms with Gasteiger partial charge in [0.1, 0.15) is 0 Å². The molecule has 2 rings (SSSR count). The van der Waals surface area contributed by atoms with Gasteiger partial charge in [-0.3, -0.25) is 0 Å². The Morgan fingerprint density at radius 2 is 1.90 bits per heavy atom. The predicted molar refractivity (Wildman–Crippen MR) is 79.3 cm³/mol. The van der Waals surface area contributed by atoms with E-state index in [4.69, 9.17) is 0 Å². The van der Waals surface area contributed by atoms with E-state index in [0.29, 0.717) is 10.8 Å². The van der Waals surface area contributed by atoms with Crippen LogP contribution in [0.4, 0.5) is 5.69 Å². The molecule has 5 nitrogen and oxygen atoms in total. The molecule has 0 aromatic heterocycles. The van der Waals surface area contributed by atoms with E-state index in [1.807, 2.05) is 19.1 Å². The number of anilines is 1. The highest BCUT2D eigenvalue weighted by Crippen LogP contribution is 2.27. The summed E-state index contributed by atoms with van der Waals surface area (Å²) in [5.41, 5.74) is 1.01. The summed E-state index contributed by atoms with van der Waals surface area (Å²) in [6.07, 6.45) is 0.670. The molecule has 1 aliphatic rings. The largest absolute Gasteiger partial charge is 0.393 e. The summed E-state index contributed by atoms with van der Waals surface area (Å²) in [6, 6.07) is 6.95. The van der Waals surface area contributed by atoms with E-state index >= 15 is 0 Å². The molecule has 0 saturated carbocycles. The van der Waals surface area contributed by atoms with Gasteiger partial charge in [0.15, 0.2) is 0 Å². The van der Waals surface area contributed by atoms with Crippen molar-refractivity contribution < 1.29 is 13.5 Å². The fourth-order valence-corrected chi connectivity index (χ4v) is 3.36. The van der Waals surface area contributed by atoms with Crippen molar-refractivity contribution in [2.75, 3.05) is 32.1 Å². The fourth-order valence-electron chi connectivity index (χ4n) is 2.46. The minimum atomic E-state index is -3.37. The highest BCUT2D eigenvalue weighted by Gasteiger charge is 2.26. The van der Waals surface area contributed by atoms with Gasteiger partial charge < -0.3 is 10.0 Å². The number of aliphatic hydroxyl groups is 1. The minimum absolute atomic E-state index is 0.292. The van der Waals surface area contributed by atoms with Gasteiger partial charge in [-0.1, -0.05) is 0 Å². The summed E-state index contributed by atoms with van der Waals surface area (Å²) in [5, 5.41) is 9.62. The molecule has 1 N–H and O–H groups in total. The number of hydrogen-bond donors (Lipinski definition) is 1. The molecular weight excluding hydrogens is 276 g/mol. The van der Waals surface area contributed by atoms with Crippen LogP contribution in [0.5, 0.6) is 0 Å². The molecule has 1 aromatic rings. The van der Waals surface area contributed by atoms with Crippen LogP contribution in [0, 0.1) is 5.92 Å². The molecule has 2 atom stereocenters. The highest BCUT2D eigenvalue weighted by atomic mass is 32.2. The number of sulfonamides is 1. The molecule has 1 fully saturated rings. The van der Waals surface area contributed by atoms with Crippen LogP contribution in [0.3, 0.4) is 0 Å². The van der Waals surface area contributed by atoms with Crippen molar-refractivity contribution >= 4 is 15.7 Å². The molecular formula is C14H22N2O3S. The SMILES string of the molecule is CC(O)C1CCN(c2ccc(S(=O)(=O)N(C)C)cc2)C1. The maximum Gasteiger partial charge on any atom is 0.242 e. The average Bonchev–Trinajstić information content (AvgIpc) is 2.88. The highest BCUT2D eigenvalue weighted by molar-refractivity contribution is 7.89. The Balaban J connectivity index is 2.14. The van der Waals surface area contributed by atoms with Crippen LogP contribution in [-0.4, -0.2) is 51.1 Å². The van der Waals surface area contributed by atoms with Crippen molar-refractivity contribution in [3.8, 4) is 0 Å². The zero-order valence-electron chi connectivity index (χ0n) is 12.2. The molecule has 1 saturated heterocycles. The molecule has 0 bridgehead atoms. The summed E-state index contributed by atoms with van der Waals surface area (Å²) < 4.78 is 25.2. The van der Waals surface area contributed by atoms with Crippen LogP contribution in [0.1, 0.15) is 13.3 Å². The van der Waals surface area contributed by atoms with Crippen LogP contribution in [0.2, 0.25) is 0 Å². The fraction of sp³-hybridized carbons (Fsp3) is 0.571. The Morgan fingerprint density at radius 3 is 2.35 bits per heavy atom. The Bertz CT molecular complexity index is 552. The topological polar surface area (TPSA) is 60.9 Å². The summed E-state index contributed by atoms with van der Waals surface area (Å²) >= 11 is 0. The number of nitrogens with zero attached hydrogens (tertiary/aromatic N) is 2. The van der Waals surface area contributed by atoms with Gasteiger partial charge in [0, 0.05) is 38.8 Å². The van der Waals surface area contributed by atoms with Gasteiger partial charge in [-0.15, -0.1) is 0 Å².